The van der Waals surface area contributed by atoms with Crippen molar-refractivity contribution in [2.75, 3.05) is 6.61 Å². The van der Waals surface area contributed by atoms with E-state index in [4.69, 9.17) is 4.74 Å². The van der Waals surface area contributed by atoms with Crippen molar-refractivity contribution >= 4 is 23.5 Å². The number of ether oxygens (including phenoxy) is 1. The molecule has 2 rings (SSSR count). The molecule has 0 bridgehead atoms. The Morgan fingerprint density at radius 1 is 1.33 bits per heavy atom. The van der Waals surface area contributed by atoms with Crippen LogP contribution in [0.2, 0.25) is 0 Å². The maximum absolute atomic E-state index is 11.7. The molecule has 0 unspecified atom stereocenters. The van der Waals surface area contributed by atoms with Gasteiger partial charge in [-0.2, -0.15) is 5.10 Å². The molecule has 0 aliphatic rings. The molecule has 1 N–H and O–H groups in total. The Balaban J connectivity index is 1.87. The van der Waals surface area contributed by atoms with Crippen LogP contribution in [-0.2, 0) is 4.79 Å². The lowest BCUT2D eigenvalue weighted by molar-refractivity contribution is -0.123. The fourth-order valence-electron chi connectivity index (χ4n) is 2.10. The highest BCUT2D eigenvalue weighted by atomic mass is 32.1. The quantitative estimate of drug-likeness (QED) is 0.681. The van der Waals surface area contributed by atoms with E-state index in [2.05, 4.69) is 10.5 Å². The first-order valence-corrected chi connectivity index (χ1v) is 7.50. The number of benzene rings is 1. The van der Waals surface area contributed by atoms with Gasteiger partial charge in [0.05, 0.1) is 6.21 Å². The van der Waals surface area contributed by atoms with Gasteiger partial charge < -0.3 is 4.74 Å². The number of rotatable bonds is 5. The third kappa shape index (κ3) is 4.43. The Morgan fingerprint density at radius 3 is 2.67 bits per heavy atom. The second kappa shape index (κ2) is 7.04. The monoisotopic (exact) mass is 302 g/mol. The van der Waals surface area contributed by atoms with Gasteiger partial charge in [0.1, 0.15) is 5.75 Å². The molecule has 0 saturated heterocycles. The molecule has 1 heterocycles. The van der Waals surface area contributed by atoms with E-state index in [9.17, 15) is 4.79 Å². The summed E-state index contributed by atoms with van der Waals surface area (Å²) < 4.78 is 5.59. The Kier molecular flexibility index (Phi) is 5.11. The zero-order chi connectivity index (χ0) is 15.2. The Bertz CT molecular complexity index is 625. The topological polar surface area (TPSA) is 50.7 Å². The van der Waals surface area contributed by atoms with Crippen LogP contribution in [-0.4, -0.2) is 18.7 Å². The van der Waals surface area contributed by atoms with Crippen molar-refractivity contribution in [2.45, 2.75) is 20.8 Å². The second-order valence-electron chi connectivity index (χ2n) is 4.83. The zero-order valence-electron chi connectivity index (χ0n) is 12.3. The molecular formula is C16H18N2O2S. The number of hydrogen-bond donors (Lipinski definition) is 1. The summed E-state index contributed by atoms with van der Waals surface area (Å²) in [5.41, 5.74) is 5.70. The summed E-state index contributed by atoms with van der Waals surface area (Å²) in [4.78, 5) is 12.7. The first-order valence-electron chi connectivity index (χ1n) is 6.62. The third-order valence-corrected chi connectivity index (χ3v) is 3.68. The molecule has 4 nitrogen and oxygen atoms in total. The van der Waals surface area contributed by atoms with Crippen molar-refractivity contribution in [1.29, 1.82) is 0 Å². The van der Waals surface area contributed by atoms with Gasteiger partial charge >= 0.3 is 0 Å². The predicted octanol–water partition coefficient (Wildman–Crippen LogP) is 3.20. The Morgan fingerprint density at radius 2 is 2.05 bits per heavy atom. The summed E-state index contributed by atoms with van der Waals surface area (Å²) in [7, 11) is 0. The summed E-state index contributed by atoms with van der Waals surface area (Å²) in [6, 6.07) is 7.93. The van der Waals surface area contributed by atoms with Crippen molar-refractivity contribution in [3.8, 4) is 5.75 Å². The van der Waals surface area contributed by atoms with Crippen LogP contribution in [0.1, 0.15) is 21.6 Å². The van der Waals surface area contributed by atoms with Crippen molar-refractivity contribution in [1.82, 2.24) is 5.43 Å². The molecule has 0 atom stereocenters. The van der Waals surface area contributed by atoms with Crippen molar-refractivity contribution in [3.63, 3.8) is 0 Å². The minimum atomic E-state index is -0.276. The van der Waals surface area contributed by atoms with Crippen LogP contribution in [0.4, 0.5) is 0 Å². The number of hydrogen-bond acceptors (Lipinski definition) is 4. The smallest absolute Gasteiger partial charge is 0.277 e. The highest BCUT2D eigenvalue weighted by Gasteiger charge is 2.07. The first kappa shape index (κ1) is 15.3. The fraction of sp³-hybridized carbons (Fsp3) is 0.250. The van der Waals surface area contributed by atoms with E-state index < -0.39 is 0 Å². The van der Waals surface area contributed by atoms with Gasteiger partial charge in [0.2, 0.25) is 0 Å². The molecule has 2 aromatic rings. The average molecular weight is 302 g/mol. The molecule has 5 heteroatoms. The van der Waals surface area contributed by atoms with E-state index in [0.717, 1.165) is 21.8 Å². The molecule has 1 aromatic carbocycles. The normalized spacial score (nSPS) is 10.8. The fourth-order valence-corrected chi connectivity index (χ4v) is 2.68. The number of nitrogens with one attached hydrogen (secondary N) is 1. The van der Waals surface area contributed by atoms with Gasteiger partial charge in [-0.15, -0.1) is 11.3 Å². The van der Waals surface area contributed by atoms with E-state index in [0.29, 0.717) is 0 Å². The zero-order valence-corrected chi connectivity index (χ0v) is 13.2. The van der Waals surface area contributed by atoms with Gasteiger partial charge in [-0.3, -0.25) is 4.79 Å². The molecule has 0 aliphatic carbocycles. The first-order chi connectivity index (χ1) is 10.1. The lowest BCUT2D eigenvalue weighted by Gasteiger charge is -2.12. The van der Waals surface area contributed by atoms with Crippen LogP contribution in [0.15, 0.2) is 34.7 Å². The number of hydrazone groups is 1. The highest BCUT2D eigenvalue weighted by molar-refractivity contribution is 7.11. The van der Waals surface area contributed by atoms with Gasteiger partial charge in [-0.05, 0) is 43.3 Å². The molecule has 0 saturated carbocycles. The Labute approximate surface area is 128 Å². The minimum absolute atomic E-state index is 0.0491. The van der Waals surface area contributed by atoms with E-state index in [1.54, 1.807) is 17.6 Å². The molecular weight excluding hydrogens is 284 g/mol. The van der Waals surface area contributed by atoms with Crippen LogP contribution in [0.25, 0.3) is 0 Å². The van der Waals surface area contributed by atoms with Gasteiger partial charge in [0.25, 0.3) is 5.91 Å². The molecule has 1 aromatic heterocycles. The third-order valence-electron chi connectivity index (χ3n) is 2.88. The predicted molar refractivity (Wildman–Crippen MR) is 86.2 cm³/mol. The van der Waals surface area contributed by atoms with Gasteiger partial charge in [0.15, 0.2) is 6.61 Å². The van der Waals surface area contributed by atoms with Gasteiger partial charge in [0, 0.05) is 4.88 Å². The molecule has 0 aliphatic heterocycles. The standard InChI is InChI=1S/C16H18N2O2S/c1-11-7-12(2)16(13(3)8-11)20-10-15(19)18-17-9-14-5-4-6-21-14/h4-9H,10H2,1-3H3,(H,18,19)/b17-9+. The van der Waals surface area contributed by atoms with Crippen LogP contribution in [0.5, 0.6) is 5.75 Å². The molecule has 0 fully saturated rings. The molecule has 21 heavy (non-hydrogen) atoms. The van der Waals surface area contributed by atoms with Gasteiger partial charge in [-0.25, -0.2) is 5.43 Å². The van der Waals surface area contributed by atoms with Crippen LogP contribution in [0.3, 0.4) is 0 Å². The maximum Gasteiger partial charge on any atom is 0.277 e. The van der Waals surface area contributed by atoms with Crippen LogP contribution < -0.4 is 10.2 Å². The van der Waals surface area contributed by atoms with E-state index >= 15 is 0 Å². The van der Waals surface area contributed by atoms with Gasteiger partial charge in [-0.1, -0.05) is 23.8 Å². The number of aryl methyl sites for hydroxylation is 3. The molecule has 110 valence electrons. The number of amides is 1. The van der Waals surface area contributed by atoms with E-state index in [-0.39, 0.29) is 12.5 Å². The summed E-state index contributed by atoms with van der Waals surface area (Å²) in [5.74, 6) is 0.486. The molecule has 1 amide bonds. The number of nitrogens with zero attached hydrogens (tertiary/aromatic N) is 1. The largest absolute Gasteiger partial charge is 0.483 e. The van der Waals surface area contributed by atoms with Crippen LogP contribution in [0, 0.1) is 20.8 Å². The van der Waals surface area contributed by atoms with Crippen LogP contribution >= 0.6 is 11.3 Å². The highest BCUT2D eigenvalue weighted by Crippen LogP contribution is 2.24. The molecule has 0 radical (unpaired) electrons. The van der Waals surface area contributed by atoms with Crippen molar-refractivity contribution in [3.05, 3.63) is 51.2 Å². The second-order valence-corrected chi connectivity index (χ2v) is 5.80. The van der Waals surface area contributed by atoms with Crippen molar-refractivity contribution in [2.24, 2.45) is 5.10 Å². The maximum atomic E-state index is 11.7. The van der Waals surface area contributed by atoms with Crippen molar-refractivity contribution < 1.29 is 9.53 Å². The lowest BCUT2D eigenvalue weighted by Crippen LogP contribution is -2.25. The number of carbonyl (C=O) groups excluding carboxylic acids is 1. The Hall–Kier alpha value is -2.14. The lowest BCUT2D eigenvalue weighted by atomic mass is 10.1. The number of carbonyl (C=O) groups is 1. The minimum Gasteiger partial charge on any atom is -0.483 e. The summed E-state index contributed by atoms with van der Waals surface area (Å²) >= 11 is 1.56. The molecule has 0 spiro atoms. The SMILES string of the molecule is Cc1cc(C)c(OCC(=O)N/N=C/c2cccs2)c(C)c1. The average Bonchev–Trinajstić information content (AvgIpc) is 2.90. The summed E-state index contributed by atoms with van der Waals surface area (Å²) in [6.07, 6.45) is 1.62. The summed E-state index contributed by atoms with van der Waals surface area (Å²) in [6.45, 7) is 5.94. The number of thiophene rings is 1. The van der Waals surface area contributed by atoms with E-state index in [1.807, 2.05) is 50.4 Å². The van der Waals surface area contributed by atoms with E-state index in [1.165, 1.54) is 5.56 Å². The summed E-state index contributed by atoms with van der Waals surface area (Å²) in [5, 5.41) is 5.84.